The van der Waals surface area contributed by atoms with E-state index in [1.54, 1.807) is 6.07 Å². The summed E-state index contributed by atoms with van der Waals surface area (Å²) in [6.45, 7) is 4.62. The minimum absolute atomic E-state index is 0.0233. The normalized spacial score (nSPS) is 16.3. The lowest BCUT2D eigenvalue weighted by molar-refractivity contribution is 0.0751. The molecule has 1 fully saturated rings. The minimum Gasteiger partial charge on any atom is -0.364 e. The zero-order chi connectivity index (χ0) is 15.9. The summed E-state index contributed by atoms with van der Waals surface area (Å²) in [5.41, 5.74) is 1.80. The number of amides is 1. The Labute approximate surface area is 136 Å². The molecule has 1 amide bonds. The van der Waals surface area contributed by atoms with Gasteiger partial charge in [0.1, 0.15) is 6.26 Å². The third kappa shape index (κ3) is 4.42. The van der Waals surface area contributed by atoms with Crippen LogP contribution in [0.25, 0.3) is 0 Å². The van der Waals surface area contributed by atoms with Crippen LogP contribution in [0.3, 0.4) is 0 Å². The van der Waals surface area contributed by atoms with Crippen molar-refractivity contribution in [1.29, 1.82) is 0 Å². The number of benzene rings is 1. The van der Waals surface area contributed by atoms with E-state index in [4.69, 9.17) is 4.52 Å². The van der Waals surface area contributed by atoms with Gasteiger partial charge in [-0.15, -0.1) is 0 Å². The molecular weight excluding hydrogens is 290 g/mol. The molecule has 122 valence electrons. The molecule has 1 saturated heterocycles. The monoisotopic (exact) mass is 313 g/mol. The summed E-state index contributed by atoms with van der Waals surface area (Å²) in [7, 11) is 0. The van der Waals surface area contributed by atoms with Crippen LogP contribution in [-0.2, 0) is 6.42 Å². The number of carbonyl (C=O) groups excluding carboxylic acids is 1. The van der Waals surface area contributed by atoms with Crippen molar-refractivity contribution in [2.24, 2.45) is 0 Å². The Balaban J connectivity index is 1.44. The Kier molecular flexibility index (Phi) is 5.42. The highest BCUT2D eigenvalue weighted by Gasteiger charge is 2.21. The predicted molar refractivity (Wildman–Crippen MR) is 88.2 cm³/mol. The highest BCUT2D eigenvalue weighted by Crippen LogP contribution is 2.09. The maximum absolute atomic E-state index is 12.3. The standard InChI is InChI=1S/C18H23N3O2/c22-18(17-9-15-23-19-17)21-12-5-11-20(13-14-21)10-4-8-16-6-2-1-3-7-16/h1-3,6-7,9,15H,4-5,8,10-14H2. The van der Waals surface area contributed by atoms with Crippen molar-refractivity contribution in [2.75, 3.05) is 32.7 Å². The summed E-state index contributed by atoms with van der Waals surface area (Å²) in [5, 5.41) is 3.74. The molecule has 2 heterocycles. The van der Waals surface area contributed by atoms with Crippen LogP contribution >= 0.6 is 0 Å². The Morgan fingerprint density at radius 1 is 1.09 bits per heavy atom. The molecule has 0 atom stereocenters. The fourth-order valence-corrected chi connectivity index (χ4v) is 3.03. The van der Waals surface area contributed by atoms with Gasteiger partial charge in [0, 0.05) is 25.7 Å². The van der Waals surface area contributed by atoms with Crippen molar-refractivity contribution in [1.82, 2.24) is 15.0 Å². The SMILES string of the molecule is O=C(c1ccon1)N1CCCN(CCCc2ccccc2)CC1. The third-order valence-electron chi connectivity index (χ3n) is 4.32. The van der Waals surface area contributed by atoms with Gasteiger partial charge in [0.2, 0.25) is 0 Å². The number of aryl methyl sites for hydroxylation is 1. The van der Waals surface area contributed by atoms with Crippen molar-refractivity contribution < 1.29 is 9.32 Å². The smallest absolute Gasteiger partial charge is 0.276 e. The number of hydrogen-bond acceptors (Lipinski definition) is 4. The second-order valence-electron chi connectivity index (χ2n) is 5.96. The van der Waals surface area contributed by atoms with Crippen LogP contribution in [0.2, 0.25) is 0 Å². The maximum atomic E-state index is 12.3. The van der Waals surface area contributed by atoms with Crippen molar-refractivity contribution >= 4 is 5.91 Å². The van der Waals surface area contributed by atoms with E-state index in [0.717, 1.165) is 52.0 Å². The van der Waals surface area contributed by atoms with Gasteiger partial charge in [-0.3, -0.25) is 4.79 Å². The van der Waals surface area contributed by atoms with Gasteiger partial charge in [-0.1, -0.05) is 35.5 Å². The van der Waals surface area contributed by atoms with Crippen LogP contribution in [0.15, 0.2) is 47.2 Å². The zero-order valence-electron chi connectivity index (χ0n) is 13.4. The molecule has 1 aliphatic rings. The molecule has 3 rings (SSSR count). The highest BCUT2D eigenvalue weighted by molar-refractivity contribution is 5.92. The average Bonchev–Trinajstić information content (AvgIpc) is 3.02. The summed E-state index contributed by atoms with van der Waals surface area (Å²) in [6, 6.07) is 12.2. The molecular formula is C18H23N3O2. The molecule has 0 bridgehead atoms. The Morgan fingerprint density at radius 2 is 1.96 bits per heavy atom. The predicted octanol–water partition coefficient (Wildman–Crippen LogP) is 2.46. The van der Waals surface area contributed by atoms with Crippen LogP contribution in [0.5, 0.6) is 0 Å². The van der Waals surface area contributed by atoms with E-state index in [9.17, 15) is 4.79 Å². The average molecular weight is 313 g/mol. The molecule has 0 radical (unpaired) electrons. The molecule has 1 aromatic heterocycles. The second kappa shape index (κ2) is 7.92. The summed E-state index contributed by atoms with van der Waals surface area (Å²) in [6.07, 6.45) is 4.72. The van der Waals surface area contributed by atoms with Crippen molar-refractivity contribution in [3.05, 3.63) is 53.9 Å². The fourth-order valence-electron chi connectivity index (χ4n) is 3.03. The van der Waals surface area contributed by atoms with Crippen LogP contribution in [0.4, 0.5) is 0 Å². The van der Waals surface area contributed by atoms with Crippen LogP contribution < -0.4 is 0 Å². The second-order valence-corrected chi connectivity index (χ2v) is 5.96. The molecule has 0 aliphatic carbocycles. The summed E-state index contributed by atoms with van der Waals surface area (Å²) in [4.78, 5) is 16.6. The third-order valence-corrected chi connectivity index (χ3v) is 4.32. The fraction of sp³-hybridized carbons (Fsp3) is 0.444. The Bertz CT molecular complexity index is 598. The van der Waals surface area contributed by atoms with E-state index in [0.29, 0.717) is 5.69 Å². The lowest BCUT2D eigenvalue weighted by atomic mass is 10.1. The first-order valence-corrected chi connectivity index (χ1v) is 8.29. The van der Waals surface area contributed by atoms with E-state index in [1.807, 2.05) is 4.90 Å². The molecule has 5 nitrogen and oxygen atoms in total. The lowest BCUT2D eigenvalue weighted by Gasteiger charge is -2.21. The molecule has 2 aromatic rings. The summed E-state index contributed by atoms with van der Waals surface area (Å²) < 4.78 is 4.77. The van der Waals surface area contributed by atoms with Gasteiger partial charge in [0.25, 0.3) is 5.91 Å². The van der Waals surface area contributed by atoms with E-state index < -0.39 is 0 Å². The highest BCUT2D eigenvalue weighted by atomic mass is 16.5. The van der Waals surface area contributed by atoms with Gasteiger partial charge in [-0.2, -0.15) is 0 Å². The van der Waals surface area contributed by atoms with Crippen molar-refractivity contribution in [3.63, 3.8) is 0 Å². The summed E-state index contributed by atoms with van der Waals surface area (Å²) >= 11 is 0. The van der Waals surface area contributed by atoms with Gasteiger partial charge in [-0.05, 0) is 37.9 Å². The molecule has 0 spiro atoms. The number of carbonyl (C=O) groups is 1. The van der Waals surface area contributed by atoms with Crippen LogP contribution in [-0.4, -0.2) is 53.6 Å². The van der Waals surface area contributed by atoms with Gasteiger partial charge >= 0.3 is 0 Å². The van der Waals surface area contributed by atoms with Crippen LogP contribution in [0, 0.1) is 0 Å². The number of hydrogen-bond donors (Lipinski definition) is 0. The molecule has 0 N–H and O–H groups in total. The molecule has 23 heavy (non-hydrogen) atoms. The number of rotatable bonds is 5. The van der Waals surface area contributed by atoms with Gasteiger partial charge in [0.15, 0.2) is 5.69 Å². The maximum Gasteiger partial charge on any atom is 0.276 e. The van der Waals surface area contributed by atoms with E-state index in [1.165, 1.54) is 11.8 Å². The lowest BCUT2D eigenvalue weighted by Crippen LogP contribution is -2.35. The van der Waals surface area contributed by atoms with Gasteiger partial charge < -0.3 is 14.3 Å². The van der Waals surface area contributed by atoms with Crippen molar-refractivity contribution in [2.45, 2.75) is 19.3 Å². The van der Waals surface area contributed by atoms with E-state index in [2.05, 4.69) is 40.4 Å². The topological polar surface area (TPSA) is 49.6 Å². The van der Waals surface area contributed by atoms with Gasteiger partial charge in [-0.25, -0.2) is 0 Å². The van der Waals surface area contributed by atoms with Crippen molar-refractivity contribution in [3.8, 4) is 0 Å². The van der Waals surface area contributed by atoms with Gasteiger partial charge in [0.05, 0.1) is 0 Å². The molecule has 0 saturated carbocycles. The summed E-state index contributed by atoms with van der Waals surface area (Å²) in [5.74, 6) is -0.0233. The number of nitrogens with zero attached hydrogens (tertiary/aromatic N) is 3. The van der Waals surface area contributed by atoms with Crippen LogP contribution in [0.1, 0.15) is 28.9 Å². The first-order chi connectivity index (χ1) is 11.3. The first-order valence-electron chi connectivity index (χ1n) is 8.29. The first kappa shape index (κ1) is 15.7. The molecule has 0 unspecified atom stereocenters. The zero-order valence-corrected chi connectivity index (χ0v) is 13.4. The minimum atomic E-state index is -0.0233. The van der Waals surface area contributed by atoms with E-state index >= 15 is 0 Å². The molecule has 5 heteroatoms. The largest absolute Gasteiger partial charge is 0.364 e. The van der Waals surface area contributed by atoms with E-state index in [-0.39, 0.29) is 5.91 Å². The molecule has 1 aliphatic heterocycles. The quantitative estimate of drug-likeness (QED) is 0.851. The number of aromatic nitrogens is 1. The molecule has 1 aromatic carbocycles. The Hall–Kier alpha value is -2.14. The Morgan fingerprint density at radius 3 is 2.74 bits per heavy atom.